The van der Waals surface area contributed by atoms with E-state index in [1.165, 1.54) is 0 Å². The van der Waals surface area contributed by atoms with Crippen molar-refractivity contribution in [2.24, 2.45) is 0 Å². The molecule has 1 atom stereocenters. The Balaban J connectivity index is 1.55. The van der Waals surface area contributed by atoms with Crippen molar-refractivity contribution in [3.8, 4) is 5.75 Å². The van der Waals surface area contributed by atoms with Gasteiger partial charge in [0, 0.05) is 31.0 Å². The van der Waals surface area contributed by atoms with Crippen LogP contribution in [0, 0.1) is 25.5 Å². The number of hydrogen-bond donors (Lipinski definition) is 2. The van der Waals surface area contributed by atoms with Crippen molar-refractivity contribution in [1.82, 2.24) is 10.6 Å². The number of rotatable bonds is 5. The molecule has 0 saturated carbocycles. The van der Waals surface area contributed by atoms with Gasteiger partial charge in [-0.3, -0.25) is 9.59 Å². The van der Waals surface area contributed by atoms with Crippen LogP contribution >= 0.6 is 0 Å². The van der Waals surface area contributed by atoms with E-state index in [-0.39, 0.29) is 30.5 Å². The Hall–Kier alpha value is -2.96. The molecule has 0 saturated heterocycles. The van der Waals surface area contributed by atoms with Crippen LogP contribution in [0.25, 0.3) is 0 Å². The second-order valence-corrected chi connectivity index (χ2v) is 6.89. The molecule has 28 heavy (non-hydrogen) atoms. The van der Waals surface area contributed by atoms with E-state index in [4.69, 9.17) is 4.74 Å². The highest BCUT2D eigenvalue weighted by Crippen LogP contribution is 2.35. The molecule has 0 fully saturated rings. The summed E-state index contributed by atoms with van der Waals surface area (Å²) in [4.78, 5) is 24.3. The van der Waals surface area contributed by atoms with E-state index in [1.807, 2.05) is 26.0 Å². The van der Waals surface area contributed by atoms with Crippen molar-refractivity contribution < 1.29 is 23.1 Å². The van der Waals surface area contributed by atoms with E-state index in [1.54, 1.807) is 0 Å². The van der Waals surface area contributed by atoms with Gasteiger partial charge in [-0.1, -0.05) is 17.7 Å². The molecule has 148 valence electrons. The summed E-state index contributed by atoms with van der Waals surface area (Å²) < 4.78 is 32.3. The van der Waals surface area contributed by atoms with Crippen LogP contribution in [0.5, 0.6) is 5.75 Å². The highest BCUT2D eigenvalue weighted by atomic mass is 19.1. The molecule has 0 bridgehead atoms. The van der Waals surface area contributed by atoms with Crippen LogP contribution in [0.4, 0.5) is 8.78 Å². The first-order valence-electron chi connectivity index (χ1n) is 9.11. The van der Waals surface area contributed by atoms with Gasteiger partial charge in [0.1, 0.15) is 17.4 Å². The fourth-order valence-electron chi connectivity index (χ4n) is 3.35. The number of nitrogens with one attached hydrogen (secondary N) is 2. The molecular weight excluding hydrogens is 366 g/mol. The molecular formula is C21H22F2N2O3. The Morgan fingerprint density at radius 1 is 1.18 bits per heavy atom. The minimum absolute atomic E-state index is 0.0460. The monoisotopic (exact) mass is 388 g/mol. The zero-order valence-electron chi connectivity index (χ0n) is 15.8. The minimum atomic E-state index is -0.938. The number of fused-ring (bicyclic) bond motifs is 1. The summed E-state index contributed by atoms with van der Waals surface area (Å²) in [5, 5.41) is 5.45. The van der Waals surface area contributed by atoms with Crippen LogP contribution in [-0.2, 0) is 4.79 Å². The summed E-state index contributed by atoms with van der Waals surface area (Å²) in [7, 11) is 0. The van der Waals surface area contributed by atoms with Crippen LogP contribution in [0.1, 0.15) is 45.9 Å². The van der Waals surface area contributed by atoms with E-state index >= 15 is 0 Å². The zero-order chi connectivity index (χ0) is 20.3. The summed E-state index contributed by atoms with van der Waals surface area (Å²) in [6.45, 7) is 4.53. The number of hydrogen-bond acceptors (Lipinski definition) is 3. The maximum absolute atomic E-state index is 13.6. The van der Waals surface area contributed by atoms with Crippen LogP contribution in [0.15, 0.2) is 30.3 Å². The number of amides is 2. The van der Waals surface area contributed by atoms with Crippen molar-refractivity contribution in [2.45, 2.75) is 32.7 Å². The summed E-state index contributed by atoms with van der Waals surface area (Å²) in [5.74, 6) is -1.80. The molecule has 7 heteroatoms. The van der Waals surface area contributed by atoms with Gasteiger partial charge < -0.3 is 15.4 Å². The van der Waals surface area contributed by atoms with E-state index < -0.39 is 17.5 Å². The van der Waals surface area contributed by atoms with Gasteiger partial charge >= 0.3 is 0 Å². The minimum Gasteiger partial charge on any atom is -0.493 e. The van der Waals surface area contributed by atoms with Crippen LogP contribution < -0.4 is 15.4 Å². The first kappa shape index (κ1) is 19.8. The van der Waals surface area contributed by atoms with Crippen LogP contribution in [0.3, 0.4) is 0 Å². The third kappa shape index (κ3) is 4.47. The number of benzene rings is 2. The average molecular weight is 388 g/mol. The highest BCUT2D eigenvalue weighted by molar-refractivity contribution is 5.94. The molecule has 2 N–H and O–H groups in total. The molecule has 1 unspecified atom stereocenters. The van der Waals surface area contributed by atoms with Gasteiger partial charge in [-0.05, 0) is 31.5 Å². The van der Waals surface area contributed by atoms with Crippen molar-refractivity contribution in [2.75, 3.05) is 13.2 Å². The molecule has 2 amide bonds. The molecule has 0 radical (unpaired) electrons. The fourth-order valence-corrected chi connectivity index (χ4v) is 3.35. The third-order valence-electron chi connectivity index (χ3n) is 4.62. The summed E-state index contributed by atoms with van der Waals surface area (Å²) in [5.41, 5.74) is 2.82. The van der Waals surface area contributed by atoms with Gasteiger partial charge in [0.25, 0.3) is 5.91 Å². The first-order valence-corrected chi connectivity index (χ1v) is 9.11. The van der Waals surface area contributed by atoms with Gasteiger partial charge in [-0.15, -0.1) is 0 Å². The molecule has 1 aliphatic heterocycles. The smallest absolute Gasteiger partial charge is 0.254 e. The predicted octanol–water partition coefficient (Wildman–Crippen LogP) is 3.34. The molecule has 0 spiro atoms. The van der Waals surface area contributed by atoms with Gasteiger partial charge in [-0.2, -0.15) is 0 Å². The number of ether oxygens (including phenoxy) is 1. The lowest BCUT2D eigenvalue weighted by Gasteiger charge is -2.28. The Morgan fingerprint density at radius 2 is 1.96 bits per heavy atom. The van der Waals surface area contributed by atoms with Crippen LogP contribution in [0.2, 0.25) is 0 Å². The molecule has 0 aliphatic carbocycles. The van der Waals surface area contributed by atoms with Crippen LogP contribution in [-0.4, -0.2) is 25.0 Å². The van der Waals surface area contributed by atoms with Gasteiger partial charge in [-0.25, -0.2) is 8.78 Å². The van der Waals surface area contributed by atoms with Gasteiger partial charge in [0.2, 0.25) is 5.91 Å². The number of aryl methyl sites for hydroxylation is 2. The van der Waals surface area contributed by atoms with Crippen molar-refractivity contribution in [3.63, 3.8) is 0 Å². The molecule has 2 aromatic carbocycles. The summed E-state index contributed by atoms with van der Waals surface area (Å²) in [6, 6.07) is 6.62. The summed E-state index contributed by atoms with van der Waals surface area (Å²) in [6.07, 6.45) is 0.709. The largest absolute Gasteiger partial charge is 0.493 e. The normalized spacial score (nSPS) is 15.4. The van der Waals surface area contributed by atoms with E-state index in [9.17, 15) is 18.4 Å². The van der Waals surface area contributed by atoms with Gasteiger partial charge in [0.15, 0.2) is 0 Å². The average Bonchev–Trinajstić information content (AvgIpc) is 2.62. The Labute approximate surface area is 162 Å². The molecule has 1 heterocycles. The quantitative estimate of drug-likeness (QED) is 0.826. The standard InChI is InChI=1S/C21H22F2N2O3/c1-12-9-13(2)20-16(10-12)18(6-8-28-20)25-19(26)5-7-24-21(27)15-4-3-14(22)11-17(15)23/h3-4,9-11,18H,5-8H2,1-2H3,(H,24,27)(H,25,26). The molecule has 3 rings (SSSR count). The lowest BCUT2D eigenvalue weighted by molar-refractivity contribution is -0.121. The summed E-state index contributed by atoms with van der Waals surface area (Å²) >= 11 is 0. The van der Waals surface area contributed by atoms with E-state index in [0.29, 0.717) is 19.1 Å². The third-order valence-corrected chi connectivity index (χ3v) is 4.62. The lowest BCUT2D eigenvalue weighted by atomic mass is 9.95. The van der Waals surface area contributed by atoms with E-state index in [0.717, 1.165) is 34.6 Å². The maximum Gasteiger partial charge on any atom is 0.254 e. The molecule has 1 aliphatic rings. The number of carbonyl (C=O) groups excluding carboxylic acids is 2. The predicted molar refractivity (Wildman–Crippen MR) is 100 cm³/mol. The number of carbonyl (C=O) groups is 2. The molecule has 2 aromatic rings. The lowest BCUT2D eigenvalue weighted by Crippen LogP contribution is -2.35. The molecule has 0 aromatic heterocycles. The SMILES string of the molecule is Cc1cc(C)c2c(c1)C(NC(=O)CCNC(=O)c1ccc(F)cc1F)CCO2. The fraction of sp³-hybridized carbons (Fsp3) is 0.333. The van der Waals surface area contributed by atoms with E-state index in [2.05, 4.69) is 10.6 Å². The Bertz CT molecular complexity index is 915. The van der Waals surface area contributed by atoms with Crippen molar-refractivity contribution >= 4 is 11.8 Å². The topological polar surface area (TPSA) is 67.4 Å². The van der Waals surface area contributed by atoms with Crippen molar-refractivity contribution in [1.29, 1.82) is 0 Å². The Kier molecular flexibility index (Phi) is 5.92. The van der Waals surface area contributed by atoms with Gasteiger partial charge in [0.05, 0.1) is 18.2 Å². The Morgan fingerprint density at radius 3 is 2.71 bits per heavy atom. The zero-order valence-corrected chi connectivity index (χ0v) is 15.8. The maximum atomic E-state index is 13.6. The number of halogens is 2. The first-order chi connectivity index (χ1) is 13.3. The van der Waals surface area contributed by atoms with Crippen molar-refractivity contribution in [3.05, 3.63) is 64.2 Å². The highest BCUT2D eigenvalue weighted by Gasteiger charge is 2.24. The second kappa shape index (κ2) is 8.37. The molecule has 5 nitrogen and oxygen atoms in total. The second-order valence-electron chi connectivity index (χ2n) is 6.89.